The third kappa shape index (κ3) is 4.51. The molecule has 104 valence electrons. The van der Waals surface area contributed by atoms with Crippen LogP contribution in [0.15, 0.2) is 28.7 Å². The summed E-state index contributed by atoms with van der Waals surface area (Å²) in [5.41, 5.74) is 0. The molecule has 0 unspecified atom stereocenters. The molecule has 19 heavy (non-hydrogen) atoms. The predicted molar refractivity (Wildman–Crippen MR) is 78.3 cm³/mol. The number of benzene rings is 1. The Labute approximate surface area is 122 Å². The van der Waals surface area contributed by atoms with Gasteiger partial charge in [0.25, 0.3) is 0 Å². The van der Waals surface area contributed by atoms with Crippen LogP contribution in [-0.2, 0) is 4.79 Å². The van der Waals surface area contributed by atoms with Crippen LogP contribution in [0.1, 0.15) is 12.8 Å². The van der Waals surface area contributed by atoms with E-state index in [1.807, 2.05) is 29.2 Å². The van der Waals surface area contributed by atoms with Gasteiger partial charge < -0.3 is 15.0 Å². The first-order valence-electron chi connectivity index (χ1n) is 6.63. The van der Waals surface area contributed by atoms with E-state index in [0.717, 1.165) is 42.8 Å². The summed E-state index contributed by atoms with van der Waals surface area (Å²) in [7, 11) is 0. The largest absolute Gasteiger partial charge is 0.492 e. The maximum absolute atomic E-state index is 11.9. The van der Waals surface area contributed by atoms with Gasteiger partial charge in [0.15, 0.2) is 0 Å². The summed E-state index contributed by atoms with van der Waals surface area (Å²) in [4.78, 5) is 13.8. The lowest BCUT2D eigenvalue weighted by Gasteiger charge is -2.27. The van der Waals surface area contributed by atoms with Crippen molar-refractivity contribution in [3.05, 3.63) is 28.7 Å². The van der Waals surface area contributed by atoms with Crippen LogP contribution in [0.3, 0.4) is 0 Å². The number of carbonyl (C=O) groups is 1. The number of amides is 1. The molecule has 0 atom stereocenters. The van der Waals surface area contributed by atoms with E-state index in [-0.39, 0.29) is 5.91 Å². The van der Waals surface area contributed by atoms with Crippen LogP contribution in [0.2, 0.25) is 0 Å². The maximum Gasteiger partial charge on any atom is 0.222 e. The minimum Gasteiger partial charge on any atom is -0.492 e. The van der Waals surface area contributed by atoms with Crippen molar-refractivity contribution in [2.24, 2.45) is 0 Å². The zero-order valence-electron chi connectivity index (χ0n) is 10.9. The van der Waals surface area contributed by atoms with Gasteiger partial charge >= 0.3 is 0 Å². The van der Waals surface area contributed by atoms with Crippen LogP contribution in [0.5, 0.6) is 5.75 Å². The molecule has 0 saturated carbocycles. The molecule has 1 saturated heterocycles. The Hall–Kier alpha value is -1.07. The van der Waals surface area contributed by atoms with Gasteiger partial charge in [-0.05, 0) is 34.5 Å². The van der Waals surface area contributed by atoms with E-state index in [0.29, 0.717) is 13.0 Å². The molecule has 1 amide bonds. The number of carbonyl (C=O) groups excluding carboxylic acids is 1. The van der Waals surface area contributed by atoms with Crippen LogP contribution in [0.25, 0.3) is 0 Å². The highest BCUT2D eigenvalue weighted by Gasteiger charge is 2.15. The van der Waals surface area contributed by atoms with E-state index in [9.17, 15) is 4.79 Å². The number of hydrogen-bond donors (Lipinski definition) is 1. The van der Waals surface area contributed by atoms with Crippen LogP contribution in [-0.4, -0.2) is 43.6 Å². The van der Waals surface area contributed by atoms with Gasteiger partial charge in [-0.2, -0.15) is 0 Å². The fraction of sp³-hybridized carbons (Fsp3) is 0.500. The summed E-state index contributed by atoms with van der Waals surface area (Å²) in [5, 5.41) is 3.24. The van der Waals surface area contributed by atoms with Gasteiger partial charge in [0.05, 0.1) is 11.1 Å². The van der Waals surface area contributed by atoms with Crippen LogP contribution in [0, 0.1) is 0 Å². The molecular formula is C14H19BrN2O2. The second-order valence-electron chi connectivity index (χ2n) is 4.51. The van der Waals surface area contributed by atoms with Gasteiger partial charge in [-0.25, -0.2) is 0 Å². The number of rotatable bonds is 5. The molecule has 1 aliphatic rings. The van der Waals surface area contributed by atoms with Gasteiger partial charge in [-0.3, -0.25) is 4.79 Å². The number of nitrogens with one attached hydrogen (secondary N) is 1. The Morgan fingerprint density at radius 2 is 2.05 bits per heavy atom. The van der Waals surface area contributed by atoms with Crippen LogP contribution >= 0.6 is 15.9 Å². The molecule has 1 aliphatic heterocycles. The monoisotopic (exact) mass is 326 g/mol. The van der Waals surface area contributed by atoms with Gasteiger partial charge in [0.2, 0.25) is 5.91 Å². The van der Waals surface area contributed by atoms with E-state index in [1.54, 1.807) is 0 Å². The highest BCUT2D eigenvalue weighted by atomic mass is 79.9. The Balaban J connectivity index is 1.66. The Bertz CT molecular complexity index is 420. The molecule has 0 radical (unpaired) electrons. The number of piperazine rings is 1. The summed E-state index contributed by atoms with van der Waals surface area (Å²) in [6.45, 7) is 4.02. The lowest BCUT2D eigenvalue weighted by Crippen LogP contribution is -2.46. The molecule has 2 rings (SSSR count). The van der Waals surface area contributed by atoms with Crippen molar-refractivity contribution in [1.29, 1.82) is 0 Å². The molecule has 1 heterocycles. The molecule has 0 aliphatic carbocycles. The van der Waals surface area contributed by atoms with Crippen molar-refractivity contribution < 1.29 is 9.53 Å². The fourth-order valence-electron chi connectivity index (χ4n) is 2.04. The summed E-state index contributed by atoms with van der Waals surface area (Å²) in [6, 6.07) is 7.75. The molecule has 1 N–H and O–H groups in total. The first kappa shape index (κ1) is 14.3. The molecule has 0 aromatic heterocycles. The first-order chi connectivity index (χ1) is 9.27. The molecule has 5 heteroatoms. The van der Waals surface area contributed by atoms with E-state index in [2.05, 4.69) is 21.2 Å². The fourth-order valence-corrected chi connectivity index (χ4v) is 2.44. The lowest BCUT2D eigenvalue weighted by molar-refractivity contribution is -0.132. The average molecular weight is 327 g/mol. The van der Waals surface area contributed by atoms with Gasteiger partial charge in [0, 0.05) is 32.6 Å². The third-order valence-electron chi connectivity index (χ3n) is 3.10. The molecule has 4 nitrogen and oxygen atoms in total. The zero-order valence-corrected chi connectivity index (χ0v) is 12.5. The number of hydrogen-bond acceptors (Lipinski definition) is 3. The summed E-state index contributed by atoms with van der Waals surface area (Å²) in [6.07, 6.45) is 1.31. The van der Waals surface area contributed by atoms with Crippen molar-refractivity contribution in [3.63, 3.8) is 0 Å². The van der Waals surface area contributed by atoms with Crippen LogP contribution in [0.4, 0.5) is 0 Å². The summed E-state index contributed by atoms with van der Waals surface area (Å²) < 4.78 is 6.59. The van der Waals surface area contributed by atoms with Gasteiger partial charge in [0.1, 0.15) is 5.75 Å². The molecule has 1 fully saturated rings. The van der Waals surface area contributed by atoms with E-state index >= 15 is 0 Å². The van der Waals surface area contributed by atoms with Crippen molar-refractivity contribution in [3.8, 4) is 5.75 Å². The van der Waals surface area contributed by atoms with Gasteiger partial charge in [-0.1, -0.05) is 12.1 Å². The zero-order chi connectivity index (χ0) is 13.5. The Morgan fingerprint density at radius 1 is 1.32 bits per heavy atom. The normalized spacial score (nSPS) is 15.3. The van der Waals surface area contributed by atoms with E-state index < -0.39 is 0 Å². The quantitative estimate of drug-likeness (QED) is 0.842. The smallest absolute Gasteiger partial charge is 0.222 e. The SMILES string of the molecule is O=C(CCCOc1ccccc1Br)N1CCNCC1. The number of halogens is 1. The lowest BCUT2D eigenvalue weighted by atomic mass is 10.2. The Kier molecular flexibility index (Phi) is 5.66. The van der Waals surface area contributed by atoms with Crippen molar-refractivity contribution in [1.82, 2.24) is 10.2 Å². The maximum atomic E-state index is 11.9. The van der Waals surface area contributed by atoms with Crippen molar-refractivity contribution in [2.45, 2.75) is 12.8 Å². The second kappa shape index (κ2) is 7.50. The van der Waals surface area contributed by atoms with Crippen molar-refractivity contribution in [2.75, 3.05) is 32.8 Å². The predicted octanol–water partition coefficient (Wildman–Crippen LogP) is 2.04. The first-order valence-corrected chi connectivity index (χ1v) is 7.42. The standard InChI is InChI=1S/C14H19BrN2O2/c15-12-4-1-2-5-13(12)19-11-3-6-14(18)17-9-7-16-8-10-17/h1-2,4-5,16H,3,6-11H2. The number of nitrogens with zero attached hydrogens (tertiary/aromatic N) is 1. The van der Waals surface area contributed by atoms with Crippen molar-refractivity contribution >= 4 is 21.8 Å². The van der Waals surface area contributed by atoms with E-state index in [1.165, 1.54) is 0 Å². The van der Waals surface area contributed by atoms with Gasteiger partial charge in [-0.15, -0.1) is 0 Å². The average Bonchev–Trinajstić information content (AvgIpc) is 2.46. The Morgan fingerprint density at radius 3 is 2.79 bits per heavy atom. The molecular weight excluding hydrogens is 308 g/mol. The third-order valence-corrected chi connectivity index (χ3v) is 3.75. The highest BCUT2D eigenvalue weighted by molar-refractivity contribution is 9.10. The van der Waals surface area contributed by atoms with E-state index in [4.69, 9.17) is 4.74 Å². The number of ether oxygens (including phenoxy) is 1. The topological polar surface area (TPSA) is 41.6 Å². The molecule has 1 aromatic carbocycles. The minimum absolute atomic E-state index is 0.234. The molecule has 0 spiro atoms. The summed E-state index contributed by atoms with van der Waals surface area (Å²) in [5.74, 6) is 1.06. The minimum atomic E-state index is 0.234. The van der Waals surface area contributed by atoms with Crippen LogP contribution < -0.4 is 10.1 Å². The highest BCUT2D eigenvalue weighted by Crippen LogP contribution is 2.23. The summed E-state index contributed by atoms with van der Waals surface area (Å²) >= 11 is 3.43. The molecule has 1 aromatic rings. The number of para-hydroxylation sites is 1. The second-order valence-corrected chi connectivity index (χ2v) is 5.37. The molecule has 0 bridgehead atoms.